The number of nitrogens with one attached hydrogen (secondary N) is 1. The van der Waals surface area contributed by atoms with Gasteiger partial charge in [-0.1, -0.05) is 42.5 Å². The molecule has 0 aliphatic carbocycles. The molecule has 1 aromatic heterocycles. The standard InChI is InChI=1S/C22H24N4/c1-25(2)22-15-20(18-11-6-7-12-19(18)23-22)24-21-13-8-14-26(21)16-17-9-4-3-5-10-17/h3-7,9-12,15H,8,13-14,16H2,1-2H3/p+1. The van der Waals surface area contributed by atoms with Crippen molar-refractivity contribution in [1.82, 2.24) is 4.98 Å². The number of benzene rings is 2. The molecule has 2 heterocycles. The van der Waals surface area contributed by atoms with Gasteiger partial charge >= 0.3 is 0 Å². The Hall–Kier alpha value is -2.88. The van der Waals surface area contributed by atoms with Crippen molar-refractivity contribution in [1.29, 1.82) is 0 Å². The second-order valence-corrected chi connectivity index (χ2v) is 7.02. The highest BCUT2D eigenvalue weighted by Crippen LogP contribution is 2.27. The molecule has 26 heavy (non-hydrogen) atoms. The summed E-state index contributed by atoms with van der Waals surface area (Å²) in [6.45, 7) is 2.05. The Balaban J connectivity index is 1.70. The van der Waals surface area contributed by atoms with Crippen molar-refractivity contribution >= 4 is 28.2 Å². The normalized spacial score (nSPS) is 14.1. The van der Waals surface area contributed by atoms with Crippen molar-refractivity contribution in [2.75, 3.05) is 30.9 Å². The summed E-state index contributed by atoms with van der Waals surface area (Å²) in [7, 11) is 4.07. The average Bonchev–Trinajstić information content (AvgIpc) is 3.09. The van der Waals surface area contributed by atoms with Gasteiger partial charge in [-0.3, -0.25) is 4.58 Å². The van der Waals surface area contributed by atoms with E-state index >= 15 is 0 Å². The predicted molar refractivity (Wildman–Crippen MR) is 109 cm³/mol. The zero-order valence-corrected chi connectivity index (χ0v) is 15.4. The van der Waals surface area contributed by atoms with Gasteiger partial charge in [0.15, 0.2) is 0 Å². The van der Waals surface area contributed by atoms with Crippen LogP contribution in [0.3, 0.4) is 0 Å². The number of pyridine rings is 1. The first-order valence-corrected chi connectivity index (χ1v) is 9.19. The molecule has 0 spiro atoms. The molecule has 1 aliphatic heterocycles. The summed E-state index contributed by atoms with van der Waals surface area (Å²) < 4.78 is 2.46. The van der Waals surface area contributed by atoms with Gasteiger partial charge in [0.2, 0.25) is 5.84 Å². The van der Waals surface area contributed by atoms with Crippen LogP contribution >= 0.6 is 0 Å². The van der Waals surface area contributed by atoms with Gasteiger partial charge in [-0.15, -0.1) is 0 Å². The second-order valence-electron chi connectivity index (χ2n) is 7.02. The minimum absolute atomic E-state index is 0.951. The number of anilines is 2. The fourth-order valence-electron chi connectivity index (χ4n) is 3.50. The topological polar surface area (TPSA) is 31.2 Å². The summed E-state index contributed by atoms with van der Waals surface area (Å²) >= 11 is 0. The minimum atomic E-state index is 0.951. The van der Waals surface area contributed by atoms with Crippen LogP contribution in [-0.2, 0) is 6.54 Å². The Kier molecular flexibility index (Phi) is 4.57. The summed E-state index contributed by atoms with van der Waals surface area (Å²) in [4.78, 5) is 6.81. The number of hydrogen-bond donors (Lipinski definition) is 1. The van der Waals surface area contributed by atoms with E-state index in [1.165, 1.54) is 17.8 Å². The highest BCUT2D eigenvalue weighted by atomic mass is 15.2. The van der Waals surface area contributed by atoms with E-state index in [4.69, 9.17) is 4.98 Å². The smallest absolute Gasteiger partial charge is 0.250 e. The highest BCUT2D eigenvalue weighted by Gasteiger charge is 2.22. The largest absolute Gasteiger partial charge is 0.363 e. The van der Waals surface area contributed by atoms with E-state index in [-0.39, 0.29) is 0 Å². The second kappa shape index (κ2) is 7.16. The molecule has 1 N–H and O–H groups in total. The Morgan fingerprint density at radius 3 is 2.62 bits per heavy atom. The molecule has 0 unspecified atom stereocenters. The monoisotopic (exact) mass is 345 g/mol. The van der Waals surface area contributed by atoms with Crippen molar-refractivity contribution in [2.45, 2.75) is 19.4 Å². The Bertz CT molecular complexity index is 945. The van der Waals surface area contributed by atoms with Crippen LogP contribution < -0.4 is 10.2 Å². The highest BCUT2D eigenvalue weighted by molar-refractivity contribution is 6.02. The lowest BCUT2D eigenvalue weighted by molar-refractivity contribution is -0.536. The molecule has 0 atom stereocenters. The van der Waals surface area contributed by atoms with Crippen molar-refractivity contribution in [3.05, 3.63) is 66.2 Å². The molecule has 132 valence electrons. The van der Waals surface area contributed by atoms with Gasteiger partial charge in [0.25, 0.3) is 0 Å². The lowest BCUT2D eigenvalue weighted by Gasteiger charge is -2.14. The minimum Gasteiger partial charge on any atom is -0.363 e. The number of rotatable bonds is 4. The molecule has 1 aliphatic rings. The van der Waals surface area contributed by atoms with Gasteiger partial charge in [0.05, 0.1) is 18.5 Å². The van der Waals surface area contributed by atoms with Crippen LogP contribution in [-0.4, -0.2) is 36.0 Å². The number of amidine groups is 1. The van der Waals surface area contributed by atoms with E-state index in [0.717, 1.165) is 41.9 Å². The third-order valence-electron chi connectivity index (χ3n) is 4.88. The van der Waals surface area contributed by atoms with Gasteiger partial charge < -0.3 is 4.90 Å². The molecular formula is C22H25N4+. The van der Waals surface area contributed by atoms with Crippen LogP contribution in [0.1, 0.15) is 18.4 Å². The Morgan fingerprint density at radius 2 is 1.81 bits per heavy atom. The van der Waals surface area contributed by atoms with Crippen molar-refractivity contribution < 1.29 is 4.58 Å². The summed E-state index contributed by atoms with van der Waals surface area (Å²) in [6, 6.07) is 21.2. The van der Waals surface area contributed by atoms with Gasteiger partial charge in [0.1, 0.15) is 18.1 Å². The van der Waals surface area contributed by atoms with E-state index in [9.17, 15) is 0 Å². The average molecular weight is 345 g/mol. The fourth-order valence-corrected chi connectivity index (χ4v) is 3.50. The maximum atomic E-state index is 4.76. The van der Waals surface area contributed by atoms with Crippen LogP contribution in [0.5, 0.6) is 0 Å². The maximum Gasteiger partial charge on any atom is 0.250 e. The zero-order chi connectivity index (χ0) is 17.9. The molecule has 2 aromatic carbocycles. The van der Waals surface area contributed by atoms with E-state index < -0.39 is 0 Å². The number of fused-ring (bicyclic) bond motifs is 1. The molecule has 4 heteroatoms. The lowest BCUT2D eigenvalue weighted by atomic mass is 10.1. The summed E-state index contributed by atoms with van der Waals surface area (Å²) in [5.74, 6) is 2.27. The third kappa shape index (κ3) is 3.40. The number of para-hydroxylation sites is 1. The van der Waals surface area contributed by atoms with Crippen LogP contribution in [0.15, 0.2) is 60.7 Å². The van der Waals surface area contributed by atoms with Gasteiger partial charge in [-0.25, -0.2) is 10.3 Å². The van der Waals surface area contributed by atoms with Gasteiger partial charge in [-0.05, 0) is 24.1 Å². The lowest BCUT2D eigenvalue weighted by Crippen LogP contribution is -2.22. The number of hydrogen-bond acceptors (Lipinski definition) is 3. The molecule has 0 fully saturated rings. The molecule has 0 saturated heterocycles. The van der Waals surface area contributed by atoms with Crippen LogP contribution in [0, 0.1) is 0 Å². The van der Waals surface area contributed by atoms with Gasteiger partial charge in [-0.2, -0.15) is 0 Å². The van der Waals surface area contributed by atoms with Crippen molar-refractivity contribution in [3.8, 4) is 0 Å². The first-order chi connectivity index (χ1) is 12.7. The third-order valence-corrected chi connectivity index (χ3v) is 4.88. The molecule has 4 rings (SSSR count). The molecule has 3 aromatic rings. The maximum absolute atomic E-state index is 4.76. The fraction of sp³-hybridized carbons (Fsp3) is 0.273. The Morgan fingerprint density at radius 1 is 1.04 bits per heavy atom. The van der Waals surface area contributed by atoms with E-state index in [0.29, 0.717) is 0 Å². The first kappa shape index (κ1) is 16.6. The first-order valence-electron chi connectivity index (χ1n) is 9.19. The summed E-state index contributed by atoms with van der Waals surface area (Å²) in [5.41, 5.74) is 3.51. The summed E-state index contributed by atoms with van der Waals surface area (Å²) in [6.07, 6.45) is 2.28. The van der Waals surface area contributed by atoms with E-state index in [1.54, 1.807) is 0 Å². The molecular weight excluding hydrogens is 320 g/mol. The van der Waals surface area contributed by atoms with Crippen LogP contribution in [0.2, 0.25) is 0 Å². The number of nitrogens with zero attached hydrogens (tertiary/aromatic N) is 3. The van der Waals surface area contributed by atoms with Crippen LogP contribution in [0.4, 0.5) is 11.5 Å². The molecule has 0 amide bonds. The van der Waals surface area contributed by atoms with Gasteiger partial charge in [0, 0.05) is 25.5 Å². The predicted octanol–water partition coefficient (Wildman–Crippen LogP) is 4.12. The van der Waals surface area contributed by atoms with Crippen molar-refractivity contribution in [3.63, 3.8) is 0 Å². The van der Waals surface area contributed by atoms with E-state index in [2.05, 4.69) is 69.4 Å². The van der Waals surface area contributed by atoms with Crippen LogP contribution in [0.25, 0.3) is 10.9 Å². The summed E-state index contributed by atoms with van der Waals surface area (Å²) in [5, 5.41) is 4.89. The molecule has 0 radical (unpaired) electrons. The quantitative estimate of drug-likeness (QED) is 0.722. The Labute approximate surface area is 154 Å². The zero-order valence-electron chi connectivity index (χ0n) is 15.4. The molecule has 0 bridgehead atoms. The SMILES string of the molecule is CN(C)c1cc(NC2=[N+](Cc3ccccc3)CCC2)c2ccccc2n1. The number of aromatic nitrogens is 1. The molecule has 4 nitrogen and oxygen atoms in total. The van der Waals surface area contributed by atoms with E-state index in [1.807, 2.05) is 20.2 Å². The molecule has 0 saturated carbocycles. The van der Waals surface area contributed by atoms with Crippen molar-refractivity contribution in [2.24, 2.45) is 0 Å².